The number of nitrogens with one attached hydrogen (secondary N) is 1. The minimum absolute atomic E-state index is 0.0869. The summed E-state index contributed by atoms with van der Waals surface area (Å²) >= 11 is 5.76. The average Bonchev–Trinajstić information content (AvgIpc) is 2.26. The van der Waals surface area contributed by atoms with E-state index in [4.69, 9.17) is 11.6 Å². The first-order valence-electron chi connectivity index (χ1n) is 5.22. The molecule has 0 aliphatic carbocycles. The predicted octanol–water partition coefficient (Wildman–Crippen LogP) is 2.91. The zero-order chi connectivity index (χ0) is 11.3. The molecule has 0 aliphatic rings. The summed E-state index contributed by atoms with van der Waals surface area (Å²) in [6.45, 7) is 4.80. The fourth-order valence-corrected chi connectivity index (χ4v) is 1.61. The van der Waals surface area contributed by atoms with Crippen LogP contribution in [0.5, 0.6) is 0 Å². The van der Waals surface area contributed by atoms with Crippen LogP contribution in [-0.4, -0.2) is 18.4 Å². The molecule has 1 rings (SSSR count). The van der Waals surface area contributed by atoms with Crippen LogP contribution in [0.4, 0.5) is 0 Å². The third kappa shape index (κ3) is 3.33. The van der Waals surface area contributed by atoms with Crippen molar-refractivity contribution in [1.29, 1.82) is 0 Å². The zero-order valence-corrected chi connectivity index (χ0v) is 9.84. The number of hydrogen-bond acceptors (Lipinski definition) is 2. The van der Waals surface area contributed by atoms with Crippen LogP contribution in [0.2, 0.25) is 5.02 Å². The van der Waals surface area contributed by atoms with Crippen LogP contribution in [0, 0.1) is 0 Å². The lowest BCUT2D eigenvalue weighted by molar-refractivity contribution is 0.0941. The van der Waals surface area contributed by atoms with Crippen molar-refractivity contribution in [3.63, 3.8) is 0 Å². The fourth-order valence-electron chi connectivity index (χ4n) is 1.48. The summed E-state index contributed by atoms with van der Waals surface area (Å²) in [5.41, 5.74) is 0.715. The number of Topliss-reactive ketones (excluding diaryl/α,β-unsaturated/α-hetero) is 1. The van der Waals surface area contributed by atoms with Crippen LogP contribution in [0.1, 0.15) is 30.6 Å². The van der Waals surface area contributed by atoms with Crippen molar-refractivity contribution in [1.82, 2.24) is 5.32 Å². The Morgan fingerprint density at radius 3 is 2.40 bits per heavy atom. The molecule has 15 heavy (non-hydrogen) atoms. The van der Waals surface area contributed by atoms with Crippen LogP contribution in [0.15, 0.2) is 24.3 Å². The number of hydrogen-bond donors (Lipinski definition) is 1. The lowest BCUT2D eigenvalue weighted by atomic mass is 10.0. The van der Waals surface area contributed by atoms with Gasteiger partial charge in [-0.2, -0.15) is 0 Å². The van der Waals surface area contributed by atoms with E-state index in [2.05, 4.69) is 5.32 Å². The van der Waals surface area contributed by atoms with Crippen LogP contribution in [0.3, 0.4) is 0 Å². The van der Waals surface area contributed by atoms with Gasteiger partial charge in [0.25, 0.3) is 0 Å². The summed E-state index contributed by atoms with van der Waals surface area (Å²) in [4.78, 5) is 12.0. The maximum atomic E-state index is 12.0. The van der Waals surface area contributed by atoms with Crippen molar-refractivity contribution < 1.29 is 4.79 Å². The van der Waals surface area contributed by atoms with Gasteiger partial charge in [0.15, 0.2) is 5.78 Å². The maximum absolute atomic E-state index is 12.0. The van der Waals surface area contributed by atoms with Gasteiger partial charge in [-0.1, -0.05) is 25.4 Å². The topological polar surface area (TPSA) is 29.1 Å². The molecule has 1 aromatic carbocycles. The van der Waals surface area contributed by atoms with E-state index in [0.29, 0.717) is 10.6 Å². The molecule has 1 unspecified atom stereocenters. The van der Waals surface area contributed by atoms with Gasteiger partial charge in [0.05, 0.1) is 6.04 Å². The van der Waals surface area contributed by atoms with Gasteiger partial charge in [-0.15, -0.1) is 0 Å². The Balaban J connectivity index is 2.78. The molecule has 3 heteroatoms. The lowest BCUT2D eigenvalue weighted by Crippen LogP contribution is -2.35. The summed E-state index contributed by atoms with van der Waals surface area (Å²) in [6.07, 6.45) is 0.801. The Kier molecular flexibility index (Phi) is 4.79. The molecule has 0 fully saturated rings. The van der Waals surface area contributed by atoms with E-state index < -0.39 is 0 Å². The molecule has 0 saturated heterocycles. The highest BCUT2D eigenvalue weighted by atomic mass is 35.5. The molecule has 82 valence electrons. The number of carbonyl (C=O) groups excluding carboxylic acids is 1. The van der Waals surface area contributed by atoms with Gasteiger partial charge in [-0.25, -0.2) is 0 Å². The minimum atomic E-state index is -0.0869. The highest BCUT2D eigenvalue weighted by Crippen LogP contribution is 2.12. The molecule has 0 aliphatic heterocycles. The lowest BCUT2D eigenvalue weighted by Gasteiger charge is -2.14. The molecule has 1 atom stereocenters. The monoisotopic (exact) mass is 225 g/mol. The zero-order valence-electron chi connectivity index (χ0n) is 9.09. The number of carbonyl (C=O) groups is 1. The normalized spacial score (nSPS) is 12.5. The van der Waals surface area contributed by atoms with Crippen molar-refractivity contribution in [2.75, 3.05) is 6.54 Å². The molecule has 2 nitrogen and oxygen atoms in total. The smallest absolute Gasteiger partial charge is 0.179 e. The van der Waals surface area contributed by atoms with E-state index in [9.17, 15) is 4.79 Å². The Morgan fingerprint density at radius 2 is 1.93 bits per heavy atom. The van der Waals surface area contributed by atoms with Gasteiger partial charge in [-0.05, 0) is 37.2 Å². The van der Waals surface area contributed by atoms with Crippen LogP contribution >= 0.6 is 11.6 Å². The van der Waals surface area contributed by atoms with E-state index in [0.717, 1.165) is 13.0 Å². The van der Waals surface area contributed by atoms with E-state index in [-0.39, 0.29) is 11.8 Å². The van der Waals surface area contributed by atoms with E-state index in [1.54, 1.807) is 24.3 Å². The summed E-state index contributed by atoms with van der Waals surface area (Å²) in [7, 11) is 0. The molecule has 1 N–H and O–H groups in total. The van der Waals surface area contributed by atoms with Gasteiger partial charge in [0.2, 0.25) is 0 Å². The minimum Gasteiger partial charge on any atom is -0.307 e. The first-order chi connectivity index (χ1) is 7.19. The second-order valence-electron chi connectivity index (χ2n) is 3.39. The SMILES string of the molecule is CCNC(CC)C(=O)c1ccc(Cl)cc1. The Labute approximate surface area is 95.6 Å². The second-order valence-corrected chi connectivity index (χ2v) is 3.83. The Hall–Kier alpha value is -0.860. The number of ketones is 1. The third-order valence-electron chi connectivity index (χ3n) is 2.30. The standard InChI is InChI=1S/C12H16ClNO/c1-3-11(14-4-2)12(15)9-5-7-10(13)8-6-9/h5-8,11,14H,3-4H2,1-2H3. The van der Waals surface area contributed by atoms with Gasteiger partial charge >= 0.3 is 0 Å². The van der Waals surface area contributed by atoms with Gasteiger partial charge in [-0.3, -0.25) is 4.79 Å². The summed E-state index contributed by atoms with van der Waals surface area (Å²) in [5, 5.41) is 3.82. The van der Waals surface area contributed by atoms with Crippen molar-refractivity contribution >= 4 is 17.4 Å². The molecule has 0 aromatic heterocycles. The number of benzene rings is 1. The Bertz CT molecular complexity index is 321. The van der Waals surface area contributed by atoms with Crippen LogP contribution < -0.4 is 5.32 Å². The summed E-state index contributed by atoms with van der Waals surface area (Å²) < 4.78 is 0. The van der Waals surface area contributed by atoms with Gasteiger partial charge in [0, 0.05) is 10.6 Å². The fraction of sp³-hybridized carbons (Fsp3) is 0.417. The number of rotatable bonds is 5. The Morgan fingerprint density at radius 1 is 1.33 bits per heavy atom. The van der Waals surface area contributed by atoms with Crippen LogP contribution in [-0.2, 0) is 0 Å². The molecular weight excluding hydrogens is 210 g/mol. The molecular formula is C12H16ClNO. The van der Waals surface area contributed by atoms with Gasteiger partial charge < -0.3 is 5.32 Å². The number of halogens is 1. The molecule has 0 bridgehead atoms. The first kappa shape index (κ1) is 12.2. The van der Waals surface area contributed by atoms with Gasteiger partial charge in [0.1, 0.15) is 0 Å². The molecule has 1 aromatic rings. The van der Waals surface area contributed by atoms with Crippen molar-refractivity contribution in [2.24, 2.45) is 0 Å². The highest BCUT2D eigenvalue weighted by Gasteiger charge is 2.16. The second kappa shape index (κ2) is 5.89. The third-order valence-corrected chi connectivity index (χ3v) is 2.56. The summed E-state index contributed by atoms with van der Waals surface area (Å²) in [6, 6.07) is 6.94. The van der Waals surface area contributed by atoms with Crippen molar-refractivity contribution in [3.8, 4) is 0 Å². The van der Waals surface area contributed by atoms with E-state index >= 15 is 0 Å². The average molecular weight is 226 g/mol. The molecule has 0 spiro atoms. The molecule has 0 amide bonds. The molecule has 0 radical (unpaired) electrons. The largest absolute Gasteiger partial charge is 0.307 e. The maximum Gasteiger partial charge on any atom is 0.179 e. The van der Waals surface area contributed by atoms with Crippen molar-refractivity contribution in [2.45, 2.75) is 26.3 Å². The van der Waals surface area contributed by atoms with E-state index in [1.165, 1.54) is 0 Å². The first-order valence-corrected chi connectivity index (χ1v) is 5.60. The quantitative estimate of drug-likeness (QED) is 0.781. The predicted molar refractivity (Wildman–Crippen MR) is 63.5 cm³/mol. The molecule has 0 heterocycles. The van der Waals surface area contributed by atoms with Crippen LogP contribution in [0.25, 0.3) is 0 Å². The van der Waals surface area contributed by atoms with Crippen molar-refractivity contribution in [3.05, 3.63) is 34.9 Å². The van der Waals surface area contributed by atoms with E-state index in [1.807, 2.05) is 13.8 Å². The number of likely N-dealkylation sites (N-methyl/N-ethyl adjacent to an activating group) is 1. The highest BCUT2D eigenvalue weighted by molar-refractivity contribution is 6.30. The summed E-state index contributed by atoms with van der Waals surface area (Å²) in [5.74, 6) is 0.135. The molecule has 0 saturated carbocycles.